The highest BCUT2D eigenvalue weighted by atomic mass is 16.3. The van der Waals surface area contributed by atoms with Crippen molar-refractivity contribution in [2.75, 3.05) is 24.6 Å². The Kier molecular flexibility index (Phi) is 4.93. The molecule has 140 valence electrons. The number of nitrogens with zero attached hydrogens (tertiary/aromatic N) is 6. The number of hydrogen-bond donors (Lipinski definition) is 2. The summed E-state index contributed by atoms with van der Waals surface area (Å²) in [7, 11) is 0. The Morgan fingerprint density at radius 3 is 2.70 bits per heavy atom. The number of aliphatic hydroxyl groups is 1. The molecular formula is C18H21N7O2. The maximum atomic E-state index is 12.6. The van der Waals surface area contributed by atoms with Gasteiger partial charge in [-0.25, -0.2) is 0 Å². The lowest BCUT2D eigenvalue weighted by Crippen LogP contribution is -2.42. The van der Waals surface area contributed by atoms with E-state index in [4.69, 9.17) is 0 Å². The lowest BCUT2D eigenvalue weighted by molar-refractivity contribution is -0.126. The molecule has 1 fully saturated rings. The number of aliphatic hydroxyl groups excluding tert-OH is 1. The summed E-state index contributed by atoms with van der Waals surface area (Å²) in [5, 5.41) is 28.3. The van der Waals surface area contributed by atoms with Crippen LogP contribution in [0.1, 0.15) is 24.4 Å². The highest BCUT2D eigenvalue weighted by molar-refractivity contribution is 5.79. The molecule has 1 aliphatic heterocycles. The monoisotopic (exact) mass is 367 g/mol. The van der Waals surface area contributed by atoms with Gasteiger partial charge in [0.05, 0.1) is 12.6 Å². The predicted molar refractivity (Wildman–Crippen MR) is 97.9 cm³/mol. The van der Waals surface area contributed by atoms with Crippen LogP contribution in [-0.4, -0.2) is 56.0 Å². The van der Waals surface area contributed by atoms with E-state index in [1.165, 1.54) is 4.63 Å². The van der Waals surface area contributed by atoms with E-state index in [2.05, 4.69) is 30.8 Å². The van der Waals surface area contributed by atoms with Gasteiger partial charge < -0.3 is 15.3 Å². The number of piperidine rings is 1. The summed E-state index contributed by atoms with van der Waals surface area (Å²) in [4.78, 5) is 14.8. The number of carbonyl (C=O) groups is 1. The second-order valence-electron chi connectivity index (χ2n) is 6.63. The van der Waals surface area contributed by atoms with E-state index in [0.717, 1.165) is 37.3 Å². The molecule has 0 spiro atoms. The van der Waals surface area contributed by atoms with E-state index in [-0.39, 0.29) is 24.5 Å². The summed E-state index contributed by atoms with van der Waals surface area (Å²) in [6.45, 7) is 1.34. The molecule has 2 aromatic heterocycles. The molecule has 4 rings (SSSR count). The van der Waals surface area contributed by atoms with Crippen molar-refractivity contribution >= 4 is 17.4 Å². The van der Waals surface area contributed by atoms with Crippen molar-refractivity contribution in [2.45, 2.75) is 18.9 Å². The van der Waals surface area contributed by atoms with Gasteiger partial charge in [0, 0.05) is 19.0 Å². The topological polar surface area (TPSA) is 109 Å². The third-order valence-electron chi connectivity index (χ3n) is 4.95. The quantitative estimate of drug-likeness (QED) is 0.679. The molecule has 0 radical (unpaired) electrons. The smallest absolute Gasteiger partial charge is 0.223 e. The number of amides is 1. The third kappa shape index (κ3) is 3.72. The van der Waals surface area contributed by atoms with Gasteiger partial charge >= 0.3 is 0 Å². The standard InChI is InChI=1S/C18H21N7O2/c26-12-15(13-4-2-1-3-5-13)19-18(27)14-8-10-24(11-9-14)17-7-6-16-20-22-23-25(16)21-17/h1-7,14-15,26H,8-12H2,(H,19,27)/t15-/m0/s1. The maximum Gasteiger partial charge on any atom is 0.223 e. The SMILES string of the molecule is O=C(N[C@@H](CO)c1ccccc1)C1CCN(c2ccc3nnnn3n2)CC1. The molecular weight excluding hydrogens is 346 g/mol. The number of hydrogen-bond acceptors (Lipinski definition) is 7. The van der Waals surface area contributed by atoms with Gasteiger partial charge in [-0.3, -0.25) is 4.79 Å². The van der Waals surface area contributed by atoms with Crippen molar-refractivity contribution < 1.29 is 9.90 Å². The van der Waals surface area contributed by atoms with Gasteiger partial charge in [-0.1, -0.05) is 30.3 Å². The highest BCUT2D eigenvalue weighted by Gasteiger charge is 2.27. The molecule has 0 aliphatic carbocycles. The first kappa shape index (κ1) is 17.3. The number of anilines is 1. The summed E-state index contributed by atoms with van der Waals surface area (Å²) in [6, 6.07) is 12.9. The molecule has 0 saturated carbocycles. The zero-order valence-corrected chi connectivity index (χ0v) is 14.8. The summed E-state index contributed by atoms with van der Waals surface area (Å²) in [5.41, 5.74) is 1.51. The van der Waals surface area contributed by atoms with Crippen LogP contribution in [0.15, 0.2) is 42.5 Å². The summed E-state index contributed by atoms with van der Waals surface area (Å²) in [5.74, 6) is 0.711. The van der Waals surface area contributed by atoms with Gasteiger partial charge in [0.2, 0.25) is 5.91 Å². The summed E-state index contributed by atoms with van der Waals surface area (Å²) >= 11 is 0. The van der Waals surface area contributed by atoms with E-state index in [1.54, 1.807) is 0 Å². The Morgan fingerprint density at radius 2 is 1.96 bits per heavy atom. The second-order valence-corrected chi connectivity index (χ2v) is 6.63. The highest BCUT2D eigenvalue weighted by Crippen LogP contribution is 2.23. The third-order valence-corrected chi connectivity index (χ3v) is 4.95. The normalized spacial score (nSPS) is 16.4. The minimum Gasteiger partial charge on any atom is -0.394 e. The van der Waals surface area contributed by atoms with Crippen molar-refractivity contribution in [1.29, 1.82) is 0 Å². The van der Waals surface area contributed by atoms with Gasteiger partial charge in [-0.2, -0.15) is 0 Å². The predicted octanol–water partition coefficient (Wildman–Crippen LogP) is 0.585. The first-order valence-electron chi connectivity index (χ1n) is 9.01. The van der Waals surface area contributed by atoms with Crippen LogP contribution in [0.5, 0.6) is 0 Å². The first-order chi connectivity index (χ1) is 13.2. The van der Waals surface area contributed by atoms with Crippen LogP contribution in [0.3, 0.4) is 0 Å². The van der Waals surface area contributed by atoms with Crippen molar-refractivity contribution in [2.24, 2.45) is 5.92 Å². The van der Waals surface area contributed by atoms with Crippen LogP contribution in [0, 0.1) is 5.92 Å². The zero-order chi connectivity index (χ0) is 18.6. The molecule has 3 aromatic rings. The molecule has 1 atom stereocenters. The molecule has 0 unspecified atom stereocenters. The van der Waals surface area contributed by atoms with Crippen LogP contribution in [0.2, 0.25) is 0 Å². The van der Waals surface area contributed by atoms with Crippen LogP contribution in [-0.2, 0) is 4.79 Å². The van der Waals surface area contributed by atoms with Crippen molar-refractivity contribution in [3.63, 3.8) is 0 Å². The Bertz CT molecular complexity index is 906. The fourth-order valence-corrected chi connectivity index (χ4v) is 3.39. The Hall–Kier alpha value is -3.07. The van der Waals surface area contributed by atoms with E-state index in [9.17, 15) is 9.90 Å². The van der Waals surface area contributed by atoms with E-state index >= 15 is 0 Å². The molecule has 1 saturated heterocycles. The number of aromatic nitrogens is 5. The molecule has 1 aromatic carbocycles. The number of tetrazole rings is 1. The number of rotatable bonds is 5. The maximum absolute atomic E-state index is 12.6. The summed E-state index contributed by atoms with van der Waals surface area (Å²) < 4.78 is 1.40. The Balaban J connectivity index is 1.36. The van der Waals surface area contributed by atoms with E-state index < -0.39 is 0 Å². The molecule has 0 bridgehead atoms. The first-order valence-corrected chi connectivity index (χ1v) is 9.01. The fraction of sp³-hybridized carbons (Fsp3) is 0.389. The number of carbonyl (C=O) groups excluding carboxylic acids is 1. The number of fused-ring (bicyclic) bond motifs is 1. The average molecular weight is 367 g/mol. The second kappa shape index (κ2) is 7.67. The zero-order valence-electron chi connectivity index (χ0n) is 14.8. The minimum absolute atomic E-state index is 0.0126. The van der Waals surface area contributed by atoms with Gasteiger partial charge in [-0.15, -0.1) is 14.8 Å². The van der Waals surface area contributed by atoms with Crippen molar-refractivity contribution in [1.82, 2.24) is 30.6 Å². The van der Waals surface area contributed by atoms with Crippen LogP contribution >= 0.6 is 0 Å². The molecule has 1 aliphatic rings. The molecule has 9 heteroatoms. The largest absolute Gasteiger partial charge is 0.394 e. The van der Waals surface area contributed by atoms with Crippen molar-refractivity contribution in [3.8, 4) is 0 Å². The average Bonchev–Trinajstić information content (AvgIpc) is 3.20. The lowest BCUT2D eigenvalue weighted by Gasteiger charge is -2.32. The number of nitrogens with one attached hydrogen (secondary N) is 1. The van der Waals surface area contributed by atoms with Gasteiger partial charge in [-0.05, 0) is 41.0 Å². The van der Waals surface area contributed by atoms with Crippen LogP contribution < -0.4 is 10.2 Å². The fourth-order valence-electron chi connectivity index (χ4n) is 3.39. The molecule has 2 N–H and O–H groups in total. The van der Waals surface area contributed by atoms with Crippen LogP contribution in [0.4, 0.5) is 5.82 Å². The van der Waals surface area contributed by atoms with Gasteiger partial charge in [0.15, 0.2) is 11.5 Å². The minimum atomic E-state index is -0.374. The van der Waals surface area contributed by atoms with Gasteiger partial charge in [0.25, 0.3) is 0 Å². The van der Waals surface area contributed by atoms with E-state index in [0.29, 0.717) is 5.65 Å². The molecule has 9 nitrogen and oxygen atoms in total. The Morgan fingerprint density at radius 1 is 1.19 bits per heavy atom. The molecule has 1 amide bonds. The molecule has 27 heavy (non-hydrogen) atoms. The van der Waals surface area contributed by atoms with Crippen LogP contribution in [0.25, 0.3) is 5.65 Å². The Labute approximate surface area is 156 Å². The van der Waals surface area contributed by atoms with Crippen molar-refractivity contribution in [3.05, 3.63) is 48.0 Å². The number of benzene rings is 1. The summed E-state index contributed by atoms with van der Waals surface area (Å²) in [6.07, 6.45) is 1.46. The van der Waals surface area contributed by atoms with Gasteiger partial charge in [0.1, 0.15) is 0 Å². The molecule has 3 heterocycles. The lowest BCUT2D eigenvalue weighted by atomic mass is 9.95. The van der Waals surface area contributed by atoms with E-state index in [1.807, 2.05) is 42.5 Å².